The van der Waals surface area contributed by atoms with Crippen molar-refractivity contribution in [2.75, 3.05) is 13.2 Å². The number of hydrogen-bond acceptors (Lipinski definition) is 6. The highest BCUT2D eigenvalue weighted by atomic mass is 32.1. The van der Waals surface area contributed by atoms with Crippen LogP contribution in [0.5, 0.6) is 0 Å². The van der Waals surface area contributed by atoms with Crippen molar-refractivity contribution in [1.29, 1.82) is 0 Å². The molecule has 0 saturated carbocycles. The number of nitrogens with one attached hydrogen (secondary N) is 2. The Bertz CT molecular complexity index is 1090. The number of hydroxylamine groups is 1. The van der Waals surface area contributed by atoms with E-state index in [2.05, 4.69) is 10.2 Å². The molecule has 1 aromatic heterocycles. The Morgan fingerprint density at radius 1 is 0.969 bits per heavy atom. The van der Waals surface area contributed by atoms with Crippen LogP contribution in [-0.4, -0.2) is 36.3 Å². The van der Waals surface area contributed by atoms with Crippen molar-refractivity contribution in [1.82, 2.24) is 10.8 Å². The fourth-order valence-corrected chi connectivity index (χ4v) is 4.48. The van der Waals surface area contributed by atoms with Gasteiger partial charge >= 0.3 is 12.1 Å². The normalized spacial score (nSPS) is 13.0. The van der Waals surface area contributed by atoms with Gasteiger partial charge in [-0.3, -0.25) is 9.63 Å². The van der Waals surface area contributed by atoms with Gasteiger partial charge in [-0.05, 0) is 33.7 Å². The molecule has 0 saturated heterocycles. The van der Waals surface area contributed by atoms with E-state index in [0.29, 0.717) is 4.88 Å². The van der Waals surface area contributed by atoms with Gasteiger partial charge in [-0.2, -0.15) is 0 Å². The summed E-state index contributed by atoms with van der Waals surface area (Å²) in [7, 11) is 0. The minimum absolute atomic E-state index is 0.105. The Balaban J connectivity index is 1.43. The summed E-state index contributed by atoms with van der Waals surface area (Å²) in [6.45, 7) is -0.595. The molecule has 32 heavy (non-hydrogen) atoms. The van der Waals surface area contributed by atoms with E-state index >= 15 is 0 Å². The van der Waals surface area contributed by atoms with Crippen LogP contribution in [0.2, 0.25) is 0 Å². The highest BCUT2D eigenvalue weighted by Gasteiger charge is 2.30. The zero-order chi connectivity index (χ0) is 22.5. The number of carbonyl (C=O) groups is 3. The van der Waals surface area contributed by atoms with Crippen molar-refractivity contribution >= 4 is 29.3 Å². The minimum Gasteiger partial charge on any atom is -0.479 e. The fourth-order valence-electron chi connectivity index (χ4n) is 3.71. The number of carboxylic acid groups (broad SMARTS) is 1. The number of alkyl carbamates (subject to hydrolysis) is 1. The first-order chi connectivity index (χ1) is 15.5. The van der Waals surface area contributed by atoms with E-state index < -0.39 is 30.6 Å². The van der Waals surface area contributed by atoms with Gasteiger partial charge in [0.05, 0.1) is 0 Å². The second-order valence-corrected chi connectivity index (χ2v) is 8.05. The van der Waals surface area contributed by atoms with Crippen molar-refractivity contribution in [3.63, 3.8) is 0 Å². The van der Waals surface area contributed by atoms with Crippen molar-refractivity contribution in [3.8, 4) is 11.1 Å². The third-order valence-electron chi connectivity index (χ3n) is 5.06. The number of thiophene rings is 1. The second kappa shape index (κ2) is 9.63. The molecule has 4 rings (SSSR count). The molecule has 0 bridgehead atoms. The molecule has 1 atom stereocenters. The van der Waals surface area contributed by atoms with Gasteiger partial charge in [0.2, 0.25) is 0 Å². The lowest BCUT2D eigenvalue weighted by molar-refractivity contribution is -0.150. The summed E-state index contributed by atoms with van der Waals surface area (Å²) in [5.74, 6) is -2.05. The molecule has 2 amide bonds. The highest BCUT2D eigenvalue weighted by molar-refractivity contribution is 7.10. The second-order valence-electron chi connectivity index (χ2n) is 7.07. The van der Waals surface area contributed by atoms with Crippen molar-refractivity contribution in [2.45, 2.75) is 12.0 Å². The molecule has 2 aromatic carbocycles. The fraction of sp³-hybridized carbons (Fsp3) is 0.174. The summed E-state index contributed by atoms with van der Waals surface area (Å²) in [6.07, 6.45) is -0.765. The molecule has 3 N–H and O–H groups in total. The molecule has 0 fully saturated rings. The summed E-state index contributed by atoms with van der Waals surface area (Å²) >= 11 is 1.26. The molecule has 9 heteroatoms. The molecule has 0 radical (unpaired) electrons. The zero-order valence-corrected chi connectivity index (χ0v) is 17.6. The molecule has 1 unspecified atom stereocenters. The van der Waals surface area contributed by atoms with Gasteiger partial charge in [-0.1, -0.05) is 54.6 Å². The van der Waals surface area contributed by atoms with Gasteiger partial charge in [-0.25, -0.2) is 15.1 Å². The van der Waals surface area contributed by atoms with Crippen LogP contribution in [0.15, 0.2) is 66.0 Å². The van der Waals surface area contributed by atoms with E-state index in [1.807, 2.05) is 54.0 Å². The van der Waals surface area contributed by atoms with E-state index in [-0.39, 0.29) is 12.5 Å². The number of carbonyl (C=O) groups excluding carboxylic acids is 2. The van der Waals surface area contributed by atoms with Gasteiger partial charge in [0.25, 0.3) is 5.91 Å². The Morgan fingerprint density at radius 2 is 1.62 bits per heavy atom. The maximum atomic E-state index is 12.6. The predicted molar refractivity (Wildman–Crippen MR) is 117 cm³/mol. The maximum absolute atomic E-state index is 12.6. The third-order valence-corrected chi connectivity index (χ3v) is 6.00. The summed E-state index contributed by atoms with van der Waals surface area (Å²) in [5.41, 5.74) is 6.44. The van der Waals surface area contributed by atoms with Gasteiger partial charge in [-0.15, -0.1) is 11.3 Å². The quantitative estimate of drug-likeness (QED) is 0.451. The lowest BCUT2D eigenvalue weighted by Crippen LogP contribution is -2.41. The van der Waals surface area contributed by atoms with Crippen LogP contribution in [0.1, 0.15) is 28.0 Å². The van der Waals surface area contributed by atoms with Crippen molar-refractivity contribution in [3.05, 3.63) is 82.0 Å². The molecular formula is C23H20N2O6S. The van der Waals surface area contributed by atoms with Crippen LogP contribution in [-0.2, 0) is 19.2 Å². The first kappa shape index (κ1) is 21.5. The van der Waals surface area contributed by atoms with Crippen LogP contribution in [0.4, 0.5) is 4.79 Å². The summed E-state index contributed by atoms with van der Waals surface area (Å²) in [4.78, 5) is 40.8. The highest BCUT2D eigenvalue weighted by Crippen LogP contribution is 2.44. The SMILES string of the molecule is O=C(O)CONC(=O)C(NC(=O)OCC1c2ccccc2-c2ccccc21)c1cccs1. The molecule has 1 heterocycles. The number of aliphatic carboxylic acids is 1. The number of carboxylic acids is 1. The first-order valence-electron chi connectivity index (χ1n) is 9.83. The zero-order valence-electron chi connectivity index (χ0n) is 16.8. The maximum Gasteiger partial charge on any atom is 0.408 e. The van der Waals surface area contributed by atoms with E-state index in [0.717, 1.165) is 22.3 Å². The number of benzene rings is 2. The Morgan fingerprint density at radius 3 is 2.22 bits per heavy atom. The van der Waals surface area contributed by atoms with Crippen LogP contribution < -0.4 is 10.8 Å². The van der Waals surface area contributed by atoms with Gasteiger partial charge in [0, 0.05) is 10.8 Å². The largest absolute Gasteiger partial charge is 0.479 e. The summed E-state index contributed by atoms with van der Waals surface area (Å²) < 4.78 is 5.50. The standard InChI is InChI=1S/C23H20N2O6S/c26-20(27)13-31-25-22(28)21(19-10-5-11-32-19)24-23(29)30-12-18-16-8-3-1-6-14(16)15-7-2-4-9-17(15)18/h1-11,18,21H,12-13H2,(H,24,29)(H,25,28)(H,26,27). The van der Waals surface area contributed by atoms with Crippen LogP contribution in [0.25, 0.3) is 11.1 Å². The van der Waals surface area contributed by atoms with Gasteiger partial charge in [0.1, 0.15) is 12.6 Å². The molecular weight excluding hydrogens is 432 g/mol. The van der Waals surface area contributed by atoms with Crippen LogP contribution >= 0.6 is 11.3 Å². The van der Waals surface area contributed by atoms with E-state index in [1.165, 1.54) is 11.3 Å². The van der Waals surface area contributed by atoms with E-state index in [4.69, 9.17) is 9.84 Å². The topological polar surface area (TPSA) is 114 Å². The Labute approximate surface area is 187 Å². The lowest BCUT2D eigenvalue weighted by Gasteiger charge is -2.18. The summed E-state index contributed by atoms with van der Waals surface area (Å²) in [6, 6.07) is 18.3. The molecule has 164 valence electrons. The van der Waals surface area contributed by atoms with E-state index in [1.54, 1.807) is 17.5 Å². The minimum atomic E-state index is -1.23. The average Bonchev–Trinajstić information content (AvgIpc) is 3.42. The number of hydrogen-bond donors (Lipinski definition) is 3. The van der Waals surface area contributed by atoms with Crippen molar-refractivity contribution < 1.29 is 29.1 Å². The Hall–Kier alpha value is -3.69. The number of ether oxygens (including phenoxy) is 1. The summed E-state index contributed by atoms with van der Waals surface area (Å²) in [5, 5.41) is 12.9. The number of amides is 2. The van der Waals surface area contributed by atoms with Gasteiger partial charge in [0.15, 0.2) is 6.61 Å². The number of fused-ring (bicyclic) bond motifs is 3. The Kier molecular flexibility index (Phi) is 6.48. The molecule has 8 nitrogen and oxygen atoms in total. The van der Waals surface area contributed by atoms with Crippen molar-refractivity contribution in [2.24, 2.45) is 0 Å². The molecule has 1 aliphatic carbocycles. The van der Waals surface area contributed by atoms with E-state index in [9.17, 15) is 14.4 Å². The van der Waals surface area contributed by atoms with Crippen LogP contribution in [0.3, 0.4) is 0 Å². The first-order valence-corrected chi connectivity index (χ1v) is 10.7. The molecule has 0 spiro atoms. The lowest BCUT2D eigenvalue weighted by atomic mass is 9.98. The molecule has 3 aromatic rings. The van der Waals surface area contributed by atoms with Gasteiger partial charge < -0.3 is 15.2 Å². The molecule has 0 aliphatic heterocycles. The molecule has 1 aliphatic rings. The van der Waals surface area contributed by atoms with Crippen LogP contribution in [0, 0.1) is 0 Å². The monoisotopic (exact) mass is 452 g/mol. The number of rotatable bonds is 8. The predicted octanol–water partition coefficient (Wildman–Crippen LogP) is 3.46. The smallest absolute Gasteiger partial charge is 0.408 e. The average molecular weight is 452 g/mol. The third kappa shape index (κ3) is 4.63.